The topological polar surface area (TPSA) is 117 Å². The lowest BCUT2D eigenvalue weighted by Crippen LogP contribution is -2.35. The lowest BCUT2D eigenvalue weighted by molar-refractivity contribution is 0.562. The summed E-state index contributed by atoms with van der Waals surface area (Å²) in [6, 6.07) is 9.17. The van der Waals surface area contributed by atoms with Crippen LogP contribution in [0.3, 0.4) is 0 Å². The second-order valence-electron chi connectivity index (χ2n) is 5.86. The van der Waals surface area contributed by atoms with E-state index in [-0.39, 0.29) is 34.1 Å². The first-order valence-electron chi connectivity index (χ1n) is 7.61. The third-order valence-electron chi connectivity index (χ3n) is 3.96. The second-order valence-corrected chi connectivity index (χ2v) is 9.77. The van der Waals surface area contributed by atoms with Crippen molar-refractivity contribution in [2.24, 2.45) is 0 Å². The van der Waals surface area contributed by atoms with Gasteiger partial charge in [-0.15, -0.1) is 0 Å². The van der Waals surface area contributed by atoms with Crippen molar-refractivity contribution >= 4 is 19.9 Å². The Morgan fingerprint density at radius 2 is 1.96 bits per heavy atom. The Bertz CT molecular complexity index is 1110. The Hall–Kier alpha value is -2.35. The van der Waals surface area contributed by atoms with E-state index in [2.05, 4.69) is 9.71 Å². The molecule has 2 aromatic rings. The van der Waals surface area contributed by atoms with Gasteiger partial charge in [-0.3, -0.25) is 0 Å². The highest BCUT2D eigenvalue weighted by atomic mass is 32.2. The number of sulfonamides is 1. The quantitative estimate of drug-likeness (QED) is 0.832. The molecule has 26 heavy (non-hydrogen) atoms. The summed E-state index contributed by atoms with van der Waals surface area (Å²) in [6.07, 6.45) is 0.205. The molecule has 1 aliphatic heterocycles. The fraction of sp³-hybridized carbons (Fsp3) is 0.250. The molecule has 1 aromatic heterocycles. The Kier molecular flexibility index (Phi) is 4.79. The molecule has 3 rings (SSSR count). The van der Waals surface area contributed by atoms with Crippen LogP contribution >= 0.6 is 0 Å². The van der Waals surface area contributed by atoms with Gasteiger partial charge in [0.25, 0.3) is 0 Å². The van der Waals surface area contributed by atoms with E-state index in [0.717, 1.165) is 6.07 Å². The minimum Gasteiger partial charge on any atom is -0.234 e. The zero-order chi connectivity index (χ0) is 18.9. The van der Waals surface area contributed by atoms with Gasteiger partial charge in [0, 0.05) is 11.6 Å². The summed E-state index contributed by atoms with van der Waals surface area (Å²) in [7, 11) is -7.28. The molecule has 0 saturated carbocycles. The minimum absolute atomic E-state index is 0.0626. The van der Waals surface area contributed by atoms with E-state index in [1.165, 1.54) is 24.3 Å². The standard InChI is InChI=1S/C16H14FN3O4S2/c17-13-5-6-14(19-15(13)9-18)12-3-1-2-4-16(12)26(23,24)20-11-7-8-25(21,22)10-11/h1-6,11,20H,7-8,10H2. The summed E-state index contributed by atoms with van der Waals surface area (Å²) in [5.41, 5.74) is -0.120. The highest BCUT2D eigenvalue weighted by Gasteiger charge is 2.32. The Labute approximate surface area is 150 Å². The van der Waals surface area contributed by atoms with Crippen LogP contribution in [0.4, 0.5) is 4.39 Å². The number of pyridine rings is 1. The predicted molar refractivity (Wildman–Crippen MR) is 91.7 cm³/mol. The van der Waals surface area contributed by atoms with Crippen LogP contribution in [0, 0.1) is 17.1 Å². The van der Waals surface area contributed by atoms with E-state index in [9.17, 15) is 21.2 Å². The van der Waals surface area contributed by atoms with Gasteiger partial charge in [-0.2, -0.15) is 5.26 Å². The van der Waals surface area contributed by atoms with Crippen molar-refractivity contribution in [3.8, 4) is 17.3 Å². The number of nitrogens with zero attached hydrogens (tertiary/aromatic N) is 2. The molecule has 1 aliphatic rings. The zero-order valence-corrected chi connectivity index (χ0v) is 15.0. The highest BCUT2D eigenvalue weighted by molar-refractivity contribution is 7.92. The average Bonchev–Trinajstić information content (AvgIpc) is 2.93. The van der Waals surface area contributed by atoms with Crippen LogP contribution in [-0.2, 0) is 19.9 Å². The van der Waals surface area contributed by atoms with Gasteiger partial charge < -0.3 is 0 Å². The summed E-state index contributed by atoms with van der Waals surface area (Å²) >= 11 is 0. The van der Waals surface area contributed by atoms with Gasteiger partial charge in [-0.25, -0.2) is 30.9 Å². The van der Waals surface area contributed by atoms with Crippen LogP contribution in [0.2, 0.25) is 0 Å². The third-order valence-corrected chi connectivity index (χ3v) is 7.31. The molecule has 136 valence electrons. The molecule has 1 fully saturated rings. The average molecular weight is 395 g/mol. The number of nitrogens with one attached hydrogen (secondary N) is 1. The van der Waals surface area contributed by atoms with Gasteiger partial charge in [-0.05, 0) is 24.6 Å². The van der Waals surface area contributed by atoms with Crippen molar-refractivity contribution in [3.05, 3.63) is 47.9 Å². The summed E-state index contributed by atoms with van der Waals surface area (Å²) < 4.78 is 64.5. The molecule has 0 bridgehead atoms. The smallest absolute Gasteiger partial charge is 0.234 e. The van der Waals surface area contributed by atoms with Crippen LogP contribution in [0.15, 0.2) is 41.3 Å². The summed E-state index contributed by atoms with van der Waals surface area (Å²) in [5, 5.41) is 8.92. The maximum atomic E-state index is 13.5. The first-order chi connectivity index (χ1) is 12.2. The molecule has 1 atom stereocenters. The Morgan fingerprint density at radius 1 is 1.23 bits per heavy atom. The molecule has 1 unspecified atom stereocenters. The van der Waals surface area contributed by atoms with Crippen molar-refractivity contribution in [2.75, 3.05) is 11.5 Å². The van der Waals surface area contributed by atoms with E-state index in [1.807, 2.05) is 0 Å². The van der Waals surface area contributed by atoms with E-state index < -0.39 is 37.4 Å². The molecule has 7 nitrogen and oxygen atoms in total. The number of sulfone groups is 1. The zero-order valence-electron chi connectivity index (χ0n) is 13.4. The minimum atomic E-state index is -4.03. The van der Waals surface area contributed by atoms with Crippen LogP contribution < -0.4 is 4.72 Å². The van der Waals surface area contributed by atoms with Crippen LogP contribution in [0.25, 0.3) is 11.3 Å². The molecule has 10 heteroatoms. The molecule has 0 radical (unpaired) electrons. The number of hydrogen-bond acceptors (Lipinski definition) is 6. The van der Waals surface area contributed by atoms with Crippen molar-refractivity contribution < 1.29 is 21.2 Å². The first kappa shape index (κ1) is 18.4. The van der Waals surface area contributed by atoms with Crippen molar-refractivity contribution in [3.63, 3.8) is 0 Å². The lowest BCUT2D eigenvalue weighted by atomic mass is 10.1. The number of aromatic nitrogens is 1. The van der Waals surface area contributed by atoms with E-state index in [4.69, 9.17) is 5.26 Å². The summed E-state index contributed by atoms with van der Waals surface area (Å²) in [6.45, 7) is 0. The van der Waals surface area contributed by atoms with Crippen molar-refractivity contribution in [2.45, 2.75) is 17.4 Å². The van der Waals surface area contributed by atoms with Crippen LogP contribution in [-0.4, -0.2) is 39.4 Å². The number of halogens is 1. The molecular formula is C16H14FN3O4S2. The summed E-state index contributed by atoms with van der Waals surface area (Å²) in [4.78, 5) is 3.75. The van der Waals surface area contributed by atoms with Gasteiger partial charge in [0.2, 0.25) is 10.0 Å². The molecular weight excluding hydrogens is 381 g/mol. The first-order valence-corrected chi connectivity index (χ1v) is 10.9. The van der Waals surface area contributed by atoms with Crippen molar-refractivity contribution in [1.29, 1.82) is 5.26 Å². The van der Waals surface area contributed by atoms with Gasteiger partial charge in [0.1, 0.15) is 6.07 Å². The molecule has 1 saturated heterocycles. The van der Waals surface area contributed by atoms with E-state index >= 15 is 0 Å². The number of benzene rings is 1. The second kappa shape index (κ2) is 6.75. The third kappa shape index (κ3) is 3.75. The Morgan fingerprint density at radius 3 is 2.62 bits per heavy atom. The number of rotatable bonds is 4. The van der Waals surface area contributed by atoms with Crippen molar-refractivity contribution in [1.82, 2.24) is 9.71 Å². The van der Waals surface area contributed by atoms with Crippen LogP contribution in [0.5, 0.6) is 0 Å². The fourth-order valence-electron chi connectivity index (χ4n) is 2.75. The fourth-order valence-corrected chi connectivity index (χ4v) is 6.02. The number of nitriles is 1. The predicted octanol–water partition coefficient (Wildman–Crippen LogP) is 1.22. The number of hydrogen-bond donors (Lipinski definition) is 1. The van der Waals surface area contributed by atoms with E-state index in [1.54, 1.807) is 12.1 Å². The SMILES string of the molecule is N#Cc1nc(-c2ccccc2S(=O)(=O)NC2CCS(=O)(=O)C2)ccc1F. The van der Waals surface area contributed by atoms with Gasteiger partial charge in [0.05, 0.1) is 22.1 Å². The maximum absolute atomic E-state index is 13.5. The largest absolute Gasteiger partial charge is 0.241 e. The molecule has 0 aliphatic carbocycles. The lowest BCUT2D eigenvalue weighted by Gasteiger charge is -2.14. The van der Waals surface area contributed by atoms with Gasteiger partial charge in [-0.1, -0.05) is 18.2 Å². The molecule has 0 amide bonds. The molecule has 1 N–H and O–H groups in total. The Balaban J connectivity index is 2.01. The van der Waals surface area contributed by atoms with Crippen LogP contribution in [0.1, 0.15) is 12.1 Å². The van der Waals surface area contributed by atoms with E-state index in [0.29, 0.717) is 0 Å². The van der Waals surface area contributed by atoms with Gasteiger partial charge in [0.15, 0.2) is 21.3 Å². The molecule has 2 heterocycles. The highest BCUT2D eigenvalue weighted by Crippen LogP contribution is 2.27. The molecule has 0 spiro atoms. The van der Waals surface area contributed by atoms with Gasteiger partial charge >= 0.3 is 0 Å². The monoisotopic (exact) mass is 395 g/mol. The summed E-state index contributed by atoms with van der Waals surface area (Å²) in [5.74, 6) is -1.11. The normalized spacial score (nSPS) is 19.2. The molecule has 1 aromatic carbocycles. The maximum Gasteiger partial charge on any atom is 0.241 e.